The molecule has 5 rings (SSSR count). The number of nitrogens with zero attached hydrogens (tertiary/aromatic N) is 2. The topological polar surface area (TPSA) is 183 Å². The van der Waals surface area contributed by atoms with E-state index in [1.807, 2.05) is 24.5 Å². The number of halogens is 3. The molecular weight excluding hydrogens is 604 g/mol. The van der Waals surface area contributed by atoms with Gasteiger partial charge in [0, 0.05) is 23.2 Å². The molecule has 0 aliphatic carbocycles. The van der Waals surface area contributed by atoms with Crippen LogP contribution in [-0.2, 0) is 13.0 Å². The first kappa shape index (κ1) is 34.9. The van der Waals surface area contributed by atoms with Gasteiger partial charge in [-0.25, -0.2) is 0 Å². The van der Waals surface area contributed by atoms with Crippen molar-refractivity contribution in [1.82, 2.24) is 9.97 Å². The van der Waals surface area contributed by atoms with Crippen LogP contribution in [0.4, 0.5) is 0 Å². The maximum Gasteiger partial charge on any atom is 0.0970 e. The molecule has 191 valence electrons. The zero-order chi connectivity index (χ0) is 20.9. The van der Waals surface area contributed by atoms with Crippen molar-refractivity contribution in [3.05, 3.63) is 97.3 Å². The number of hydrogen-bond donors (Lipinski definition) is 0. The van der Waals surface area contributed by atoms with Crippen LogP contribution in [0.25, 0.3) is 44.1 Å². The van der Waals surface area contributed by atoms with Crippen molar-refractivity contribution in [3.8, 4) is 22.3 Å². The first-order valence-corrected chi connectivity index (χ1v) is 15.8. The van der Waals surface area contributed by atoms with Gasteiger partial charge in [-0.05, 0) is 34.4 Å². The van der Waals surface area contributed by atoms with E-state index in [-0.39, 0.29) is 27.4 Å². The maximum absolute atomic E-state index is 4.95. The van der Waals surface area contributed by atoms with Gasteiger partial charge in [0.1, 0.15) is 0 Å². The predicted molar refractivity (Wildman–Crippen MR) is 144 cm³/mol. The summed E-state index contributed by atoms with van der Waals surface area (Å²) < 4.78 is 0. The number of rotatable bonds is 2. The second-order valence-electron chi connectivity index (χ2n) is 6.46. The minimum Gasteiger partial charge on any atom is -0.254 e. The predicted octanol–water partition coefficient (Wildman–Crippen LogP) is 4.06. The second-order valence-corrected chi connectivity index (χ2v) is 14.4. The molecule has 35 heavy (non-hydrogen) atoms. The molecular formula is C24H26Cl3N2O5Ru. The van der Waals surface area contributed by atoms with E-state index in [1.165, 1.54) is 22.3 Å². The summed E-state index contributed by atoms with van der Waals surface area (Å²) in [4.78, 5) is 9.34. The fraction of sp³-hybridized carbons (Fsp3) is 0. The Balaban J connectivity index is 0. The molecule has 0 unspecified atom stereocenters. The van der Waals surface area contributed by atoms with E-state index in [2.05, 4.69) is 82.8 Å². The van der Waals surface area contributed by atoms with Crippen LogP contribution in [0.2, 0.25) is 0 Å². The SMILES string of the molecule is O.O.O.O.O.[Cl][Ru]([Cl])[Cl].c1ccc(-c2ccnc3c2ccc2c(-c4ccccc4)ccnc23)cc1. The van der Waals surface area contributed by atoms with E-state index in [0.29, 0.717) is 0 Å². The largest absolute Gasteiger partial charge is 0.254 e. The zero-order valence-electron chi connectivity index (χ0n) is 18.1. The number of pyridine rings is 2. The Labute approximate surface area is 219 Å². The molecule has 2 heterocycles. The molecule has 7 nitrogen and oxygen atoms in total. The van der Waals surface area contributed by atoms with Crippen molar-refractivity contribution in [3.63, 3.8) is 0 Å². The standard InChI is InChI=1S/C24H16N2.3ClH.5H2O.Ru/c1-3-7-17(8-4-1)19-13-15-25-23-21(19)11-12-22-20(14-16-26-24(22)23)18-9-5-2-6-10-18;;;;;;;;;/h1-16H;3*1H;5*1H2;/q;;;;;;;;;+3/p-3. The van der Waals surface area contributed by atoms with Gasteiger partial charge in [0.25, 0.3) is 0 Å². The average molecular weight is 630 g/mol. The molecule has 0 fully saturated rings. The molecule has 0 aliphatic rings. The first-order valence-electron chi connectivity index (χ1n) is 9.09. The van der Waals surface area contributed by atoms with Gasteiger partial charge in [-0.1, -0.05) is 72.8 Å². The molecule has 3 aromatic carbocycles. The summed E-state index contributed by atoms with van der Waals surface area (Å²) in [5.41, 5.74) is 6.65. The van der Waals surface area contributed by atoms with Gasteiger partial charge in [0.05, 0.1) is 11.0 Å². The fourth-order valence-electron chi connectivity index (χ4n) is 3.57. The molecule has 10 N–H and O–H groups in total. The van der Waals surface area contributed by atoms with E-state index in [9.17, 15) is 0 Å². The molecule has 11 heteroatoms. The van der Waals surface area contributed by atoms with Crippen molar-refractivity contribution in [2.45, 2.75) is 0 Å². The molecule has 0 saturated heterocycles. The van der Waals surface area contributed by atoms with Gasteiger partial charge in [0.15, 0.2) is 0 Å². The number of fused-ring (bicyclic) bond motifs is 3. The Morgan fingerprint density at radius 1 is 0.457 bits per heavy atom. The summed E-state index contributed by atoms with van der Waals surface area (Å²) in [6.07, 6.45) is 3.75. The van der Waals surface area contributed by atoms with Crippen LogP contribution in [-0.4, -0.2) is 37.3 Å². The molecule has 0 amide bonds. The summed E-state index contributed by atoms with van der Waals surface area (Å²) in [6.45, 7) is 0. The minimum absolute atomic E-state index is 0. The van der Waals surface area contributed by atoms with E-state index < -0.39 is 13.0 Å². The van der Waals surface area contributed by atoms with E-state index in [4.69, 9.17) is 29.1 Å². The maximum atomic E-state index is 4.95. The van der Waals surface area contributed by atoms with E-state index in [1.54, 1.807) is 0 Å². The number of hydrogen-bond acceptors (Lipinski definition) is 2. The quantitative estimate of drug-likeness (QED) is 0.211. The third-order valence-corrected chi connectivity index (χ3v) is 4.79. The van der Waals surface area contributed by atoms with Gasteiger partial charge < -0.3 is 27.4 Å². The normalized spacial score (nSPS) is 9.51. The summed E-state index contributed by atoms with van der Waals surface area (Å²) in [7, 11) is 14.8. The summed E-state index contributed by atoms with van der Waals surface area (Å²) in [6, 6.07) is 29.3. The third kappa shape index (κ3) is 8.15. The molecule has 2 aromatic heterocycles. The number of aromatic nitrogens is 2. The Morgan fingerprint density at radius 2 is 0.771 bits per heavy atom. The van der Waals surface area contributed by atoms with Crippen molar-refractivity contribution < 1.29 is 40.4 Å². The number of benzene rings is 3. The van der Waals surface area contributed by atoms with Crippen LogP contribution in [0.1, 0.15) is 0 Å². The van der Waals surface area contributed by atoms with Crippen LogP contribution in [0, 0.1) is 0 Å². The second kappa shape index (κ2) is 16.4. The van der Waals surface area contributed by atoms with Crippen LogP contribution in [0.15, 0.2) is 97.3 Å². The first-order chi connectivity index (χ1) is 14.6. The Hall–Kier alpha value is -2.23. The van der Waals surface area contributed by atoms with Gasteiger partial charge in [-0.2, -0.15) is 0 Å². The molecule has 5 aromatic rings. The molecule has 0 atom stereocenters. The van der Waals surface area contributed by atoms with E-state index >= 15 is 0 Å². The van der Waals surface area contributed by atoms with Crippen LogP contribution < -0.4 is 0 Å². The fourth-order valence-corrected chi connectivity index (χ4v) is 3.57. The summed E-state index contributed by atoms with van der Waals surface area (Å²) >= 11 is -1.75. The van der Waals surface area contributed by atoms with Crippen LogP contribution >= 0.6 is 29.1 Å². The van der Waals surface area contributed by atoms with Crippen molar-refractivity contribution in [2.75, 3.05) is 0 Å². The van der Waals surface area contributed by atoms with E-state index in [0.717, 1.165) is 21.8 Å². The summed E-state index contributed by atoms with van der Waals surface area (Å²) in [5, 5.41) is 2.26. The van der Waals surface area contributed by atoms with Crippen molar-refractivity contribution in [2.24, 2.45) is 0 Å². The molecule has 0 radical (unpaired) electrons. The Bertz CT molecular complexity index is 1200. The molecule has 0 spiro atoms. The molecule has 0 bridgehead atoms. The monoisotopic (exact) mass is 629 g/mol. The van der Waals surface area contributed by atoms with Crippen molar-refractivity contribution in [1.29, 1.82) is 0 Å². The Kier molecular flexibility index (Phi) is 16.4. The van der Waals surface area contributed by atoms with Gasteiger partial charge >= 0.3 is 42.1 Å². The van der Waals surface area contributed by atoms with Crippen LogP contribution in [0.5, 0.6) is 0 Å². The summed E-state index contributed by atoms with van der Waals surface area (Å²) in [5.74, 6) is 0. The Morgan fingerprint density at radius 3 is 1.09 bits per heavy atom. The third-order valence-electron chi connectivity index (χ3n) is 4.79. The molecule has 0 aliphatic heterocycles. The smallest absolute Gasteiger partial charge is 0.0970 e. The molecule has 0 saturated carbocycles. The minimum atomic E-state index is -1.75. The van der Waals surface area contributed by atoms with Gasteiger partial charge in [-0.3, -0.25) is 9.97 Å². The average Bonchev–Trinajstić information content (AvgIpc) is 2.79. The van der Waals surface area contributed by atoms with Gasteiger partial charge in [-0.15, -0.1) is 0 Å². The zero-order valence-corrected chi connectivity index (χ0v) is 22.1. The van der Waals surface area contributed by atoms with Crippen LogP contribution in [0.3, 0.4) is 0 Å². The van der Waals surface area contributed by atoms with Gasteiger partial charge in [0.2, 0.25) is 0 Å². The van der Waals surface area contributed by atoms with Crippen molar-refractivity contribution >= 4 is 50.9 Å².